The average Bonchev–Trinajstić information content (AvgIpc) is 2.18. The number of benzene rings is 1. The molecule has 0 fully saturated rings. The monoisotopic (exact) mass is 182 g/mol. The Bertz CT molecular complexity index is 260. The first kappa shape index (κ1) is 10.0. The van der Waals surface area contributed by atoms with Gasteiger partial charge in [-0.25, -0.2) is 0 Å². The van der Waals surface area contributed by atoms with Gasteiger partial charge in [-0.05, 0) is 24.6 Å². The molecule has 1 rings (SSSR count). The van der Waals surface area contributed by atoms with Gasteiger partial charge < -0.3 is 14.9 Å². The Morgan fingerprint density at radius 1 is 1.46 bits per heavy atom. The van der Waals surface area contributed by atoms with E-state index in [-0.39, 0.29) is 6.61 Å². The van der Waals surface area contributed by atoms with Gasteiger partial charge in [0.15, 0.2) is 0 Å². The summed E-state index contributed by atoms with van der Waals surface area (Å²) in [5.74, 6) is 0.715. The summed E-state index contributed by atoms with van der Waals surface area (Å²) in [6.45, 7) is 2.23. The van der Waals surface area contributed by atoms with Crippen LogP contribution in [0.5, 0.6) is 5.75 Å². The molecule has 13 heavy (non-hydrogen) atoms. The van der Waals surface area contributed by atoms with Crippen molar-refractivity contribution in [1.29, 1.82) is 0 Å². The van der Waals surface area contributed by atoms with Crippen LogP contribution >= 0.6 is 0 Å². The molecule has 1 atom stereocenters. The van der Waals surface area contributed by atoms with Gasteiger partial charge >= 0.3 is 0 Å². The molecule has 0 amide bonds. The molecule has 0 aromatic heterocycles. The van der Waals surface area contributed by atoms with Gasteiger partial charge in [-0.3, -0.25) is 0 Å². The fourth-order valence-corrected chi connectivity index (χ4v) is 1.08. The van der Waals surface area contributed by atoms with Gasteiger partial charge in [0.1, 0.15) is 11.9 Å². The van der Waals surface area contributed by atoms with Crippen molar-refractivity contribution in [2.24, 2.45) is 0 Å². The van der Waals surface area contributed by atoms with E-state index in [9.17, 15) is 5.11 Å². The number of aliphatic hydroxyl groups is 2. The lowest BCUT2D eigenvalue weighted by Crippen LogP contribution is -2.02. The van der Waals surface area contributed by atoms with Crippen molar-refractivity contribution in [2.75, 3.05) is 13.2 Å². The molecule has 1 aromatic rings. The molecular weight excluding hydrogens is 168 g/mol. The van der Waals surface area contributed by atoms with Crippen LogP contribution in [0.3, 0.4) is 0 Å². The molecule has 1 unspecified atom stereocenters. The van der Waals surface area contributed by atoms with Crippen molar-refractivity contribution in [3.05, 3.63) is 29.8 Å². The van der Waals surface area contributed by atoms with Crippen LogP contribution in [0.25, 0.3) is 0 Å². The summed E-state index contributed by atoms with van der Waals surface area (Å²) in [7, 11) is 0. The second-order valence-electron chi connectivity index (χ2n) is 2.70. The van der Waals surface area contributed by atoms with E-state index in [4.69, 9.17) is 9.84 Å². The van der Waals surface area contributed by atoms with Crippen LogP contribution in [0.4, 0.5) is 0 Å². The Morgan fingerprint density at radius 3 is 2.85 bits per heavy atom. The number of hydrogen-bond acceptors (Lipinski definition) is 3. The number of hydrogen-bond donors (Lipinski definition) is 2. The standard InChI is InChI=1S/C10H14O3/c1-2-13-9-5-3-4-8(6-9)10(12)7-11/h3-6,10-12H,2,7H2,1H3. The second kappa shape index (κ2) is 4.84. The van der Waals surface area contributed by atoms with Crippen molar-refractivity contribution in [1.82, 2.24) is 0 Å². The largest absolute Gasteiger partial charge is 0.494 e. The van der Waals surface area contributed by atoms with Crippen LogP contribution in [0.2, 0.25) is 0 Å². The number of aliphatic hydroxyl groups excluding tert-OH is 2. The van der Waals surface area contributed by atoms with E-state index in [0.29, 0.717) is 17.9 Å². The third-order valence-corrected chi connectivity index (χ3v) is 1.73. The van der Waals surface area contributed by atoms with Crippen molar-refractivity contribution in [3.63, 3.8) is 0 Å². The molecule has 3 nitrogen and oxygen atoms in total. The van der Waals surface area contributed by atoms with Crippen molar-refractivity contribution >= 4 is 0 Å². The third kappa shape index (κ3) is 2.72. The number of rotatable bonds is 4. The summed E-state index contributed by atoms with van der Waals surface area (Å²) in [4.78, 5) is 0. The Kier molecular flexibility index (Phi) is 3.73. The first-order chi connectivity index (χ1) is 6.27. The Labute approximate surface area is 77.6 Å². The van der Waals surface area contributed by atoms with Gasteiger partial charge in [0, 0.05) is 0 Å². The molecule has 0 spiro atoms. The van der Waals surface area contributed by atoms with E-state index >= 15 is 0 Å². The van der Waals surface area contributed by atoms with Crippen LogP contribution in [0.1, 0.15) is 18.6 Å². The maximum atomic E-state index is 9.32. The molecule has 1 aromatic carbocycles. The maximum Gasteiger partial charge on any atom is 0.119 e. The second-order valence-corrected chi connectivity index (χ2v) is 2.70. The molecule has 0 bridgehead atoms. The highest BCUT2D eigenvalue weighted by molar-refractivity contribution is 5.29. The van der Waals surface area contributed by atoms with E-state index in [0.717, 1.165) is 0 Å². The van der Waals surface area contributed by atoms with Gasteiger partial charge in [-0.15, -0.1) is 0 Å². The van der Waals surface area contributed by atoms with Crippen LogP contribution < -0.4 is 4.74 Å². The van der Waals surface area contributed by atoms with E-state index < -0.39 is 6.10 Å². The van der Waals surface area contributed by atoms with E-state index in [1.165, 1.54) is 0 Å². The minimum atomic E-state index is -0.819. The highest BCUT2D eigenvalue weighted by Crippen LogP contribution is 2.18. The lowest BCUT2D eigenvalue weighted by atomic mass is 10.1. The molecule has 0 saturated heterocycles. The maximum absolute atomic E-state index is 9.32. The molecule has 0 heterocycles. The minimum absolute atomic E-state index is 0.268. The minimum Gasteiger partial charge on any atom is -0.494 e. The van der Waals surface area contributed by atoms with Crippen molar-refractivity contribution in [3.8, 4) is 5.75 Å². The van der Waals surface area contributed by atoms with E-state index in [1.54, 1.807) is 18.2 Å². The predicted octanol–water partition coefficient (Wildman–Crippen LogP) is 1.11. The van der Waals surface area contributed by atoms with Crippen LogP contribution in [0.15, 0.2) is 24.3 Å². The zero-order chi connectivity index (χ0) is 9.68. The summed E-state index contributed by atoms with van der Waals surface area (Å²) < 4.78 is 5.25. The lowest BCUT2D eigenvalue weighted by Gasteiger charge is -2.09. The molecule has 0 saturated carbocycles. The average molecular weight is 182 g/mol. The highest BCUT2D eigenvalue weighted by Gasteiger charge is 2.05. The van der Waals surface area contributed by atoms with Gasteiger partial charge in [0.25, 0.3) is 0 Å². The molecule has 3 heteroatoms. The molecule has 72 valence electrons. The Morgan fingerprint density at radius 2 is 2.23 bits per heavy atom. The summed E-state index contributed by atoms with van der Waals surface area (Å²) in [5.41, 5.74) is 0.674. The molecule has 2 N–H and O–H groups in total. The van der Waals surface area contributed by atoms with E-state index in [1.807, 2.05) is 13.0 Å². The predicted molar refractivity (Wildman–Crippen MR) is 49.7 cm³/mol. The van der Waals surface area contributed by atoms with Gasteiger partial charge in [-0.1, -0.05) is 12.1 Å². The van der Waals surface area contributed by atoms with Crippen LogP contribution in [-0.4, -0.2) is 23.4 Å². The summed E-state index contributed by atoms with van der Waals surface area (Å²) in [6.07, 6.45) is -0.819. The number of ether oxygens (including phenoxy) is 1. The molecule has 0 radical (unpaired) electrons. The molecule has 0 aliphatic heterocycles. The van der Waals surface area contributed by atoms with Gasteiger partial charge in [-0.2, -0.15) is 0 Å². The lowest BCUT2D eigenvalue weighted by molar-refractivity contribution is 0.0954. The smallest absolute Gasteiger partial charge is 0.119 e. The van der Waals surface area contributed by atoms with Gasteiger partial charge in [0.05, 0.1) is 13.2 Å². The van der Waals surface area contributed by atoms with Crippen LogP contribution in [-0.2, 0) is 0 Å². The molecular formula is C10H14O3. The fourth-order valence-electron chi connectivity index (χ4n) is 1.08. The highest BCUT2D eigenvalue weighted by atomic mass is 16.5. The van der Waals surface area contributed by atoms with Gasteiger partial charge in [0.2, 0.25) is 0 Å². The Hall–Kier alpha value is -1.06. The summed E-state index contributed by atoms with van der Waals surface area (Å²) >= 11 is 0. The first-order valence-corrected chi connectivity index (χ1v) is 4.29. The zero-order valence-electron chi connectivity index (χ0n) is 7.60. The topological polar surface area (TPSA) is 49.7 Å². The summed E-state index contributed by atoms with van der Waals surface area (Å²) in [6, 6.07) is 7.09. The summed E-state index contributed by atoms with van der Waals surface area (Å²) in [5, 5.41) is 18.0. The first-order valence-electron chi connectivity index (χ1n) is 4.29. The van der Waals surface area contributed by atoms with Crippen molar-refractivity contribution in [2.45, 2.75) is 13.0 Å². The normalized spacial score (nSPS) is 12.5. The molecule has 0 aliphatic carbocycles. The van der Waals surface area contributed by atoms with Crippen molar-refractivity contribution < 1.29 is 14.9 Å². The zero-order valence-corrected chi connectivity index (χ0v) is 7.60. The fraction of sp³-hybridized carbons (Fsp3) is 0.400. The SMILES string of the molecule is CCOc1cccc(C(O)CO)c1. The quantitative estimate of drug-likeness (QED) is 0.733. The third-order valence-electron chi connectivity index (χ3n) is 1.73. The van der Waals surface area contributed by atoms with E-state index in [2.05, 4.69) is 0 Å². The van der Waals surface area contributed by atoms with Crippen LogP contribution in [0, 0.1) is 0 Å². The Balaban J connectivity index is 2.78. The molecule has 0 aliphatic rings.